The Morgan fingerprint density at radius 1 is 1.17 bits per heavy atom. The summed E-state index contributed by atoms with van der Waals surface area (Å²) in [6.45, 7) is 0.926. The fraction of sp³-hybridized carbons (Fsp3) is 0.133. The number of tetrazole rings is 1. The number of aromatic nitrogens is 4. The third-order valence-electron chi connectivity index (χ3n) is 3.18. The quantitative estimate of drug-likeness (QED) is 0.720. The topological polar surface area (TPSA) is 90.9 Å². The lowest BCUT2D eigenvalue weighted by Crippen LogP contribution is -2.18. The van der Waals surface area contributed by atoms with Crippen LogP contribution in [0.2, 0.25) is 5.02 Å². The molecule has 2 aromatic carbocycles. The average molecular weight is 331 g/mol. The molecule has 0 unspecified atom stereocenters. The molecule has 1 heterocycles. The monoisotopic (exact) mass is 330 g/mol. The van der Waals surface area contributed by atoms with Gasteiger partial charge in [0.15, 0.2) is 0 Å². The molecule has 3 N–H and O–H groups in total. The first-order chi connectivity index (χ1) is 11.2. The Balaban J connectivity index is 1.61. The second-order valence-electron chi connectivity index (χ2n) is 4.81. The van der Waals surface area contributed by atoms with E-state index in [0.29, 0.717) is 18.2 Å². The summed E-state index contributed by atoms with van der Waals surface area (Å²) in [5.41, 5.74) is 10.5. The first-order valence-corrected chi connectivity index (χ1v) is 7.33. The van der Waals surface area contributed by atoms with Crippen molar-refractivity contribution in [2.24, 2.45) is 0 Å². The number of nitrogens with zero attached hydrogens (tertiary/aromatic N) is 4. The fourth-order valence-corrected chi connectivity index (χ4v) is 2.18. The van der Waals surface area contributed by atoms with Gasteiger partial charge in [-0.1, -0.05) is 47.0 Å². The van der Waals surface area contributed by atoms with Crippen molar-refractivity contribution in [1.29, 1.82) is 0 Å². The van der Waals surface area contributed by atoms with E-state index in [1.54, 1.807) is 0 Å². The van der Waals surface area contributed by atoms with E-state index in [2.05, 4.69) is 21.0 Å². The number of hydrogen-bond acceptors (Lipinski definition) is 6. The molecule has 0 amide bonds. The van der Waals surface area contributed by atoms with Crippen molar-refractivity contribution in [3.05, 3.63) is 64.7 Å². The van der Waals surface area contributed by atoms with E-state index in [9.17, 15) is 0 Å². The van der Waals surface area contributed by atoms with Gasteiger partial charge in [0, 0.05) is 10.6 Å². The molecule has 3 rings (SSSR count). The van der Waals surface area contributed by atoms with Gasteiger partial charge >= 0.3 is 0 Å². The smallest absolute Gasteiger partial charge is 0.260 e. The third kappa shape index (κ3) is 3.89. The number of ether oxygens (including phenoxy) is 1. The highest BCUT2D eigenvalue weighted by Crippen LogP contribution is 2.19. The highest BCUT2D eigenvalue weighted by atomic mass is 35.5. The Hall–Kier alpha value is -2.80. The van der Waals surface area contributed by atoms with Crippen LogP contribution in [0, 0.1) is 0 Å². The molecule has 0 spiro atoms. The van der Waals surface area contributed by atoms with E-state index >= 15 is 0 Å². The van der Waals surface area contributed by atoms with E-state index in [-0.39, 0.29) is 5.95 Å². The van der Waals surface area contributed by atoms with Crippen LogP contribution in [0.5, 0.6) is 5.75 Å². The molecule has 0 aliphatic rings. The van der Waals surface area contributed by atoms with E-state index < -0.39 is 0 Å². The summed E-state index contributed by atoms with van der Waals surface area (Å²) in [4.78, 5) is 1.32. The maximum Gasteiger partial charge on any atom is 0.260 e. The van der Waals surface area contributed by atoms with Crippen LogP contribution in [0.15, 0.2) is 48.5 Å². The number of halogens is 1. The van der Waals surface area contributed by atoms with Gasteiger partial charge < -0.3 is 15.9 Å². The molecule has 23 heavy (non-hydrogen) atoms. The van der Waals surface area contributed by atoms with Gasteiger partial charge in [-0.3, -0.25) is 0 Å². The van der Waals surface area contributed by atoms with Crippen molar-refractivity contribution < 1.29 is 4.74 Å². The summed E-state index contributed by atoms with van der Waals surface area (Å²) < 4.78 is 5.79. The first kappa shape index (κ1) is 15.1. The molecule has 7 nitrogen and oxygen atoms in total. The predicted molar refractivity (Wildman–Crippen MR) is 87.5 cm³/mol. The lowest BCUT2D eigenvalue weighted by atomic mass is 10.2. The lowest BCUT2D eigenvalue weighted by molar-refractivity contribution is 0.306. The van der Waals surface area contributed by atoms with Gasteiger partial charge in [-0.25, -0.2) is 0 Å². The molecule has 0 atom stereocenters. The van der Waals surface area contributed by atoms with E-state index in [1.165, 1.54) is 4.79 Å². The van der Waals surface area contributed by atoms with E-state index in [4.69, 9.17) is 22.1 Å². The third-order valence-corrected chi connectivity index (χ3v) is 3.55. The number of anilines is 1. The molecule has 0 radical (unpaired) electrons. The molecule has 0 fully saturated rings. The minimum Gasteiger partial charge on any atom is -0.489 e. The Kier molecular flexibility index (Phi) is 4.58. The van der Waals surface area contributed by atoms with Crippen molar-refractivity contribution in [2.45, 2.75) is 13.2 Å². The number of nitrogens with one attached hydrogen (secondary N) is 1. The van der Waals surface area contributed by atoms with Crippen LogP contribution < -0.4 is 15.9 Å². The zero-order valence-electron chi connectivity index (χ0n) is 12.2. The largest absolute Gasteiger partial charge is 0.489 e. The van der Waals surface area contributed by atoms with E-state index in [1.807, 2.05) is 48.5 Å². The van der Waals surface area contributed by atoms with Gasteiger partial charge in [-0.2, -0.15) is 0 Å². The minimum absolute atomic E-state index is 0.205. The summed E-state index contributed by atoms with van der Waals surface area (Å²) in [6.07, 6.45) is 0. The van der Waals surface area contributed by atoms with Crippen molar-refractivity contribution in [2.75, 3.05) is 11.2 Å². The van der Waals surface area contributed by atoms with Crippen LogP contribution in [0.4, 0.5) is 5.95 Å². The van der Waals surface area contributed by atoms with Crippen molar-refractivity contribution in [1.82, 2.24) is 20.3 Å². The van der Waals surface area contributed by atoms with Gasteiger partial charge in [0.05, 0.1) is 6.54 Å². The van der Waals surface area contributed by atoms with Gasteiger partial charge in [-0.15, -0.1) is 4.79 Å². The standard InChI is InChI=1S/C15H15ClN6O/c16-14-7-2-1-5-12(14)10-23-13-6-3-4-11(8-13)9-18-22-15(17)19-20-21-22/h1-8,18H,9-10H2,(H2,17,19,21). The van der Waals surface area contributed by atoms with E-state index in [0.717, 1.165) is 16.9 Å². The maximum atomic E-state index is 6.12. The summed E-state index contributed by atoms with van der Waals surface area (Å²) in [5, 5.41) is 11.5. The molecule has 0 bridgehead atoms. The second kappa shape index (κ2) is 6.97. The Morgan fingerprint density at radius 2 is 2.04 bits per heavy atom. The van der Waals surface area contributed by atoms with Crippen molar-refractivity contribution >= 4 is 17.5 Å². The molecule has 1 aromatic heterocycles. The predicted octanol–water partition coefficient (Wildman–Crippen LogP) is 2.23. The zero-order valence-corrected chi connectivity index (χ0v) is 12.9. The Labute approximate surface area is 138 Å². The molecule has 0 aliphatic carbocycles. The summed E-state index contributed by atoms with van der Waals surface area (Å²) in [7, 11) is 0. The van der Waals surface area contributed by atoms with Crippen LogP contribution in [0.25, 0.3) is 0 Å². The van der Waals surface area contributed by atoms with Gasteiger partial charge in [0.1, 0.15) is 12.4 Å². The highest BCUT2D eigenvalue weighted by Gasteiger charge is 2.03. The van der Waals surface area contributed by atoms with Gasteiger partial charge in [-0.05, 0) is 34.2 Å². The van der Waals surface area contributed by atoms with Crippen LogP contribution in [0.1, 0.15) is 11.1 Å². The normalized spacial score (nSPS) is 10.5. The minimum atomic E-state index is 0.205. The van der Waals surface area contributed by atoms with Crippen LogP contribution in [-0.2, 0) is 13.2 Å². The number of nitrogen functional groups attached to an aromatic ring is 1. The summed E-state index contributed by atoms with van der Waals surface area (Å²) in [5.74, 6) is 0.963. The molecule has 118 valence electrons. The Bertz CT molecular complexity index is 791. The molecular weight excluding hydrogens is 316 g/mol. The van der Waals surface area contributed by atoms with Crippen LogP contribution in [0.3, 0.4) is 0 Å². The summed E-state index contributed by atoms with van der Waals surface area (Å²) >= 11 is 6.12. The number of hydrogen-bond donors (Lipinski definition) is 2. The fourth-order valence-electron chi connectivity index (χ4n) is 1.99. The molecule has 0 saturated heterocycles. The van der Waals surface area contributed by atoms with Gasteiger partial charge in [0.25, 0.3) is 5.95 Å². The number of nitrogens with two attached hydrogens (primary N) is 1. The second-order valence-corrected chi connectivity index (χ2v) is 5.22. The van der Waals surface area contributed by atoms with Crippen LogP contribution >= 0.6 is 11.6 Å². The average Bonchev–Trinajstić information content (AvgIpc) is 2.98. The lowest BCUT2D eigenvalue weighted by Gasteiger charge is -2.10. The number of benzene rings is 2. The molecular formula is C15H15ClN6O. The number of rotatable bonds is 6. The van der Waals surface area contributed by atoms with Crippen molar-refractivity contribution in [3.8, 4) is 5.75 Å². The summed E-state index contributed by atoms with van der Waals surface area (Å²) in [6, 6.07) is 15.3. The maximum absolute atomic E-state index is 6.12. The first-order valence-electron chi connectivity index (χ1n) is 6.95. The Morgan fingerprint density at radius 3 is 2.83 bits per heavy atom. The molecule has 3 aromatic rings. The van der Waals surface area contributed by atoms with Gasteiger partial charge in [0.2, 0.25) is 0 Å². The SMILES string of the molecule is Nc1nnnn1NCc1cccc(OCc2ccccc2Cl)c1. The molecule has 8 heteroatoms. The molecule has 0 aliphatic heterocycles. The highest BCUT2D eigenvalue weighted by molar-refractivity contribution is 6.31. The molecule has 0 saturated carbocycles. The zero-order chi connectivity index (χ0) is 16.1. The van der Waals surface area contributed by atoms with Crippen molar-refractivity contribution in [3.63, 3.8) is 0 Å². The van der Waals surface area contributed by atoms with Crippen LogP contribution in [-0.4, -0.2) is 20.3 Å².